The topological polar surface area (TPSA) is 75.9 Å². The fraction of sp³-hybridized carbons (Fsp3) is 0.556. The minimum atomic E-state index is -0.0367. The summed E-state index contributed by atoms with van der Waals surface area (Å²) >= 11 is 0. The van der Waals surface area contributed by atoms with Gasteiger partial charge < -0.3 is 5.32 Å². The summed E-state index contributed by atoms with van der Waals surface area (Å²) < 4.78 is 1.57. The highest BCUT2D eigenvalue weighted by atomic mass is 16.1. The Bertz CT molecular complexity index is 742. The Hall–Kier alpha value is -2.28. The first kappa shape index (κ1) is 17.5. The van der Waals surface area contributed by atoms with Gasteiger partial charge in [-0.15, -0.1) is 0 Å². The number of aromatic nitrogens is 4. The largest absolute Gasteiger partial charge is 0.353 e. The number of rotatable bonds is 6. The van der Waals surface area contributed by atoms with Crippen molar-refractivity contribution >= 4 is 5.95 Å². The van der Waals surface area contributed by atoms with Gasteiger partial charge in [0.25, 0.3) is 5.56 Å². The van der Waals surface area contributed by atoms with Crippen molar-refractivity contribution in [2.24, 2.45) is 0 Å². The van der Waals surface area contributed by atoms with E-state index in [0.717, 1.165) is 37.3 Å². The maximum Gasteiger partial charge on any atom is 0.266 e. The predicted octanol–water partition coefficient (Wildman–Crippen LogP) is 1.62. The normalized spacial score (nSPS) is 18.2. The second-order valence-electron chi connectivity index (χ2n) is 6.69. The van der Waals surface area contributed by atoms with E-state index in [1.165, 1.54) is 12.8 Å². The van der Waals surface area contributed by atoms with Crippen LogP contribution in [0.3, 0.4) is 0 Å². The highest BCUT2D eigenvalue weighted by Crippen LogP contribution is 2.17. The van der Waals surface area contributed by atoms with Gasteiger partial charge in [0, 0.05) is 37.6 Å². The molecule has 0 spiro atoms. The highest BCUT2D eigenvalue weighted by molar-refractivity contribution is 5.24. The molecule has 2 aromatic heterocycles. The molecule has 3 heterocycles. The fourth-order valence-electron chi connectivity index (χ4n) is 3.21. The molecule has 0 saturated carbocycles. The van der Waals surface area contributed by atoms with Crippen LogP contribution in [-0.4, -0.2) is 50.3 Å². The Morgan fingerprint density at radius 3 is 2.76 bits per heavy atom. The third-order valence-corrected chi connectivity index (χ3v) is 4.62. The van der Waals surface area contributed by atoms with Crippen LogP contribution in [0.2, 0.25) is 0 Å². The van der Waals surface area contributed by atoms with Crippen molar-refractivity contribution < 1.29 is 0 Å². The summed E-state index contributed by atoms with van der Waals surface area (Å²) in [6.07, 6.45) is 7.23. The van der Waals surface area contributed by atoms with Gasteiger partial charge in [0.1, 0.15) is 0 Å². The number of hydrogen-bond acceptors (Lipinski definition) is 6. The van der Waals surface area contributed by atoms with Crippen LogP contribution in [0.1, 0.15) is 30.5 Å². The molecule has 0 bridgehead atoms. The zero-order valence-electron chi connectivity index (χ0n) is 15.0. The van der Waals surface area contributed by atoms with Gasteiger partial charge in [0.05, 0.1) is 12.2 Å². The van der Waals surface area contributed by atoms with Crippen LogP contribution in [0.25, 0.3) is 0 Å². The molecule has 25 heavy (non-hydrogen) atoms. The molecule has 1 aliphatic heterocycles. The van der Waals surface area contributed by atoms with E-state index in [1.807, 2.05) is 26.2 Å². The van der Waals surface area contributed by atoms with E-state index in [4.69, 9.17) is 0 Å². The monoisotopic (exact) mass is 342 g/mol. The Kier molecular flexibility index (Phi) is 5.75. The molecule has 0 aromatic carbocycles. The first-order valence-electron chi connectivity index (χ1n) is 8.93. The minimum absolute atomic E-state index is 0.0367. The van der Waals surface area contributed by atoms with Crippen molar-refractivity contribution in [3.63, 3.8) is 0 Å². The van der Waals surface area contributed by atoms with Crippen LogP contribution >= 0.6 is 0 Å². The Morgan fingerprint density at radius 1 is 1.16 bits per heavy atom. The van der Waals surface area contributed by atoms with E-state index >= 15 is 0 Å². The number of anilines is 1. The Balaban J connectivity index is 1.57. The zero-order chi connectivity index (χ0) is 17.6. The van der Waals surface area contributed by atoms with Crippen molar-refractivity contribution in [2.45, 2.75) is 45.7 Å². The average molecular weight is 342 g/mol. The van der Waals surface area contributed by atoms with Crippen LogP contribution < -0.4 is 10.9 Å². The van der Waals surface area contributed by atoms with Crippen LogP contribution in [0.15, 0.2) is 29.3 Å². The molecule has 7 heteroatoms. The van der Waals surface area contributed by atoms with Crippen molar-refractivity contribution in [3.05, 3.63) is 46.1 Å². The number of hydrogen-bond donors (Lipinski definition) is 1. The zero-order valence-corrected chi connectivity index (χ0v) is 15.0. The van der Waals surface area contributed by atoms with Crippen LogP contribution in [0.4, 0.5) is 5.95 Å². The fourth-order valence-corrected chi connectivity index (χ4v) is 3.21. The van der Waals surface area contributed by atoms with Gasteiger partial charge in [-0.1, -0.05) is 6.42 Å². The van der Waals surface area contributed by atoms with E-state index in [0.29, 0.717) is 18.5 Å². The summed E-state index contributed by atoms with van der Waals surface area (Å²) in [6.45, 7) is 7.22. The van der Waals surface area contributed by atoms with Crippen molar-refractivity contribution in [1.29, 1.82) is 0 Å². The molecule has 0 amide bonds. The van der Waals surface area contributed by atoms with Gasteiger partial charge in [-0.3, -0.25) is 9.69 Å². The predicted molar refractivity (Wildman–Crippen MR) is 97.7 cm³/mol. The smallest absolute Gasteiger partial charge is 0.266 e. The second kappa shape index (κ2) is 8.20. The van der Waals surface area contributed by atoms with E-state index in [-0.39, 0.29) is 5.56 Å². The molecule has 2 aromatic rings. The summed E-state index contributed by atoms with van der Waals surface area (Å²) in [5, 5.41) is 7.67. The minimum Gasteiger partial charge on any atom is -0.353 e. The second-order valence-corrected chi connectivity index (χ2v) is 6.69. The van der Waals surface area contributed by atoms with Gasteiger partial charge in [-0.25, -0.2) is 14.6 Å². The maximum absolute atomic E-state index is 11.9. The average Bonchev–Trinajstić information content (AvgIpc) is 2.63. The molecule has 0 radical (unpaired) electrons. The molecule has 7 nitrogen and oxygen atoms in total. The number of likely N-dealkylation sites (tertiary alicyclic amines) is 1. The van der Waals surface area contributed by atoms with Crippen LogP contribution in [0.5, 0.6) is 0 Å². The van der Waals surface area contributed by atoms with Crippen molar-refractivity contribution in [2.75, 3.05) is 25.0 Å². The molecular weight excluding hydrogens is 316 g/mol. The molecule has 1 atom stereocenters. The third-order valence-electron chi connectivity index (χ3n) is 4.62. The lowest BCUT2D eigenvalue weighted by atomic mass is 10.0. The molecule has 0 aliphatic carbocycles. The number of nitrogens with one attached hydrogen (secondary N) is 1. The third kappa shape index (κ3) is 4.85. The maximum atomic E-state index is 11.9. The summed E-state index contributed by atoms with van der Waals surface area (Å²) in [5.74, 6) is 0.674. The first-order valence-corrected chi connectivity index (χ1v) is 8.93. The standard InChI is InChI=1S/C18H26N6O/c1-14-11-19-18(20-12-14)21-13-16-5-3-4-8-23(16)9-10-24-17(25)7-6-15(2)22-24/h6-7,11-12,16H,3-5,8-10,13H2,1-2H3,(H,19,20,21). The summed E-state index contributed by atoms with van der Waals surface area (Å²) in [5.41, 5.74) is 1.89. The van der Waals surface area contributed by atoms with Gasteiger partial charge in [-0.2, -0.15) is 5.10 Å². The molecule has 3 rings (SSSR count). The molecule has 1 unspecified atom stereocenters. The quantitative estimate of drug-likeness (QED) is 0.860. The summed E-state index contributed by atoms with van der Waals surface area (Å²) in [7, 11) is 0. The van der Waals surface area contributed by atoms with Gasteiger partial charge in [0.2, 0.25) is 5.95 Å². The summed E-state index contributed by atoms with van der Waals surface area (Å²) in [4.78, 5) is 23.0. The Labute approximate surface area is 148 Å². The van der Waals surface area contributed by atoms with E-state index in [2.05, 4.69) is 25.3 Å². The first-order chi connectivity index (χ1) is 12.1. The van der Waals surface area contributed by atoms with Crippen LogP contribution in [0, 0.1) is 13.8 Å². The lowest BCUT2D eigenvalue weighted by Crippen LogP contribution is -2.45. The van der Waals surface area contributed by atoms with Crippen molar-refractivity contribution in [3.8, 4) is 0 Å². The Morgan fingerprint density at radius 2 is 1.96 bits per heavy atom. The number of nitrogens with zero attached hydrogens (tertiary/aromatic N) is 5. The van der Waals surface area contributed by atoms with Gasteiger partial charge in [0.15, 0.2) is 0 Å². The summed E-state index contributed by atoms with van der Waals surface area (Å²) in [6, 6.07) is 3.78. The number of piperidine rings is 1. The molecular formula is C18H26N6O. The molecule has 1 N–H and O–H groups in total. The molecule has 134 valence electrons. The molecule has 1 saturated heterocycles. The number of aryl methyl sites for hydroxylation is 2. The lowest BCUT2D eigenvalue weighted by molar-refractivity contribution is 0.147. The highest BCUT2D eigenvalue weighted by Gasteiger charge is 2.22. The van der Waals surface area contributed by atoms with E-state index in [9.17, 15) is 4.79 Å². The lowest BCUT2D eigenvalue weighted by Gasteiger charge is -2.35. The van der Waals surface area contributed by atoms with E-state index < -0.39 is 0 Å². The van der Waals surface area contributed by atoms with Gasteiger partial charge >= 0.3 is 0 Å². The SMILES string of the molecule is Cc1cnc(NCC2CCCCN2CCn2nc(C)ccc2=O)nc1. The molecule has 1 aliphatic rings. The van der Waals surface area contributed by atoms with Crippen LogP contribution in [-0.2, 0) is 6.54 Å². The molecule has 1 fully saturated rings. The van der Waals surface area contributed by atoms with E-state index in [1.54, 1.807) is 16.8 Å². The van der Waals surface area contributed by atoms with Crippen molar-refractivity contribution in [1.82, 2.24) is 24.6 Å². The van der Waals surface area contributed by atoms with Gasteiger partial charge in [-0.05, 0) is 44.9 Å².